The number of hydrogen-bond acceptors (Lipinski definition) is 5. The van der Waals surface area contributed by atoms with Crippen LogP contribution in [0.5, 0.6) is 0 Å². The fourth-order valence-electron chi connectivity index (χ4n) is 4.25. The third kappa shape index (κ3) is 6.51. The Balaban J connectivity index is 2.08. The van der Waals surface area contributed by atoms with Crippen molar-refractivity contribution in [3.05, 3.63) is 59.9 Å². The Kier molecular flexibility index (Phi) is 8.45. The molecule has 33 heavy (non-hydrogen) atoms. The predicted octanol–water partition coefficient (Wildman–Crippen LogP) is 4.64. The van der Waals surface area contributed by atoms with E-state index in [1.54, 1.807) is 36.7 Å². The summed E-state index contributed by atoms with van der Waals surface area (Å²) in [7, 11) is -3.84. The molecule has 0 spiro atoms. The van der Waals surface area contributed by atoms with Crippen molar-refractivity contribution >= 4 is 34.2 Å². The normalized spacial score (nSPS) is 16.2. The molecule has 180 valence electrons. The summed E-state index contributed by atoms with van der Waals surface area (Å²) in [4.78, 5) is 17.8. The fraction of sp³-hybridized carbons (Fsp3) is 0.520. The van der Waals surface area contributed by atoms with E-state index < -0.39 is 16.1 Å². The van der Waals surface area contributed by atoms with Crippen molar-refractivity contribution in [2.45, 2.75) is 70.4 Å². The number of nitrogens with zero attached hydrogens (tertiary/aromatic N) is 2. The third-order valence-electron chi connectivity index (χ3n) is 6.07. The van der Waals surface area contributed by atoms with Crippen molar-refractivity contribution in [2.75, 3.05) is 15.8 Å². The standard InChI is InChI=1S/C25H35N3O3S2/c1-25(2,3)20-11-13-22(14-12-20)28(33(30,31)17-16-32)23(19-8-7-15-26-18-19)24(29)27-21-9-5-4-6-10-21/h7-8,11-15,18,21,23,32H,4-6,9-10,16-17H2,1-3H3,(H,27,29)/t23-/m1/s1. The van der Waals surface area contributed by atoms with Crippen LogP contribution in [0, 0.1) is 0 Å². The van der Waals surface area contributed by atoms with Gasteiger partial charge in [0.2, 0.25) is 15.9 Å². The Bertz CT molecular complexity index is 1010. The SMILES string of the molecule is CC(C)(C)c1ccc(N([C@@H](C(=O)NC2CCCCC2)c2cccnc2)S(=O)(=O)CCS)cc1. The van der Waals surface area contributed by atoms with E-state index in [0.717, 1.165) is 31.2 Å². The van der Waals surface area contributed by atoms with Gasteiger partial charge in [-0.25, -0.2) is 8.42 Å². The number of thiol groups is 1. The zero-order chi connectivity index (χ0) is 24.1. The van der Waals surface area contributed by atoms with Gasteiger partial charge in [0.1, 0.15) is 6.04 Å². The summed E-state index contributed by atoms with van der Waals surface area (Å²) in [6, 6.07) is 9.92. The van der Waals surface area contributed by atoms with E-state index in [1.165, 1.54) is 10.7 Å². The van der Waals surface area contributed by atoms with E-state index in [0.29, 0.717) is 11.3 Å². The topological polar surface area (TPSA) is 79.4 Å². The van der Waals surface area contributed by atoms with Crippen molar-refractivity contribution in [1.82, 2.24) is 10.3 Å². The van der Waals surface area contributed by atoms with Crippen LogP contribution in [-0.2, 0) is 20.2 Å². The zero-order valence-electron chi connectivity index (χ0n) is 19.7. The number of benzene rings is 1. The maximum atomic E-state index is 13.6. The van der Waals surface area contributed by atoms with Crippen LogP contribution >= 0.6 is 12.6 Å². The quantitative estimate of drug-likeness (QED) is 0.530. The molecule has 0 unspecified atom stereocenters. The van der Waals surface area contributed by atoms with E-state index in [1.807, 2.05) is 12.1 Å². The first-order valence-corrected chi connectivity index (χ1v) is 13.8. The van der Waals surface area contributed by atoms with Gasteiger partial charge >= 0.3 is 0 Å². The van der Waals surface area contributed by atoms with Crippen LogP contribution in [0.25, 0.3) is 0 Å². The first-order valence-electron chi connectivity index (χ1n) is 11.6. The van der Waals surface area contributed by atoms with E-state index in [2.05, 4.69) is 43.7 Å². The highest BCUT2D eigenvalue weighted by Gasteiger charge is 2.37. The molecule has 1 amide bonds. The van der Waals surface area contributed by atoms with Gasteiger partial charge in [0.05, 0.1) is 11.4 Å². The van der Waals surface area contributed by atoms with Gasteiger partial charge in [-0.2, -0.15) is 12.6 Å². The Morgan fingerprint density at radius 1 is 1.15 bits per heavy atom. The summed E-state index contributed by atoms with van der Waals surface area (Å²) in [6.45, 7) is 6.31. The predicted molar refractivity (Wildman–Crippen MR) is 137 cm³/mol. The first kappa shape index (κ1) is 25.6. The van der Waals surface area contributed by atoms with Crippen LogP contribution < -0.4 is 9.62 Å². The van der Waals surface area contributed by atoms with Crippen molar-refractivity contribution in [2.24, 2.45) is 0 Å². The molecular weight excluding hydrogens is 454 g/mol. The maximum absolute atomic E-state index is 13.6. The van der Waals surface area contributed by atoms with Crippen LogP contribution in [0.2, 0.25) is 0 Å². The average Bonchev–Trinajstić information content (AvgIpc) is 2.78. The van der Waals surface area contributed by atoms with E-state index in [-0.39, 0.29) is 28.9 Å². The number of aromatic nitrogens is 1. The van der Waals surface area contributed by atoms with Gasteiger partial charge in [-0.3, -0.25) is 14.1 Å². The number of pyridine rings is 1. The summed E-state index contributed by atoms with van der Waals surface area (Å²) in [6.07, 6.45) is 8.31. The molecule has 2 aromatic rings. The van der Waals surface area contributed by atoms with Crippen molar-refractivity contribution < 1.29 is 13.2 Å². The van der Waals surface area contributed by atoms with Gasteiger partial charge in [-0.15, -0.1) is 0 Å². The Hall–Kier alpha value is -2.06. The third-order valence-corrected chi connectivity index (χ3v) is 8.34. The zero-order valence-corrected chi connectivity index (χ0v) is 21.4. The molecule has 1 fully saturated rings. The maximum Gasteiger partial charge on any atom is 0.248 e. The van der Waals surface area contributed by atoms with Gasteiger partial charge in [0, 0.05) is 29.8 Å². The lowest BCUT2D eigenvalue weighted by Crippen LogP contribution is -2.48. The lowest BCUT2D eigenvalue weighted by molar-refractivity contribution is -0.123. The van der Waals surface area contributed by atoms with Gasteiger partial charge < -0.3 is 5.32 Å². The molecule has 6 nitrogen and oxygen atoms in total. The number of sulfonamides is 1. The smallest absolute Gasteiger partial charge is 0.248 e. The summed E-state index contributed by atoms with van der Waals surface area (Å²) in [5, 5.41) is 3.13. The minimum Gasteiger partial charge on any atom is -0.351 e. The molecule has 1 aliphatic carbocycles. The summed E-state index contributed by atoms with van der Waals surface area (Å²) >= 11 is 4.17. The molecule has 0 saturated heterocycles. The number of carbonyl (C=O) groups excluding carboxylic acids is 1. The largest absolute Gasteiger partial charge is 0.351 e. The highest BCUT2D eigenvalue weighted by atomic mass is 32.2. The molecule has 1 N–H and O–H groups in total. The molecule has 1 saturated carbocycles. The number of amides is 1. The van der Waals surface area contributed by atoms with Gasteiger partial charge in [-0.1, -0.05) is 58.2 Å². The molecule has 1 heterocycles. The number of hydrogen-bond donors (Lipinski definition) is 2. The lowest BCUT2D eigenvalue weighted by atomic mass is 9.87. The molecule has 1 aromatic heterocycles. The highest BCUT2D eigenvalue weighted by Crippen LogP contribution is 2.33. The van der Waals surface area contributed by atoms with Crippen LogP contribution in [0.1, 0.15) is 70.0 Å². The van der Waals surface area contributed by atoms with E-state index in [9.17, 15) is 13.2 Å². The Morgan fingerprint density at radius 2 is 1.82 bits per heavy atom. The number of anilines is 1. The summed E-state index contributed by atoms with van der Waals surface area (Å²) in [5.74, 6) is -0.342. The van der Waals surface area contributed by atoms with Crippen molar-refractivity contribution in [3.63, 3.8) is 0 Å². The summed E-state index contributed by atoms with van der Waals surface area (Å²) < 4.78 is 28.3. The second-order valence-corrected chi connectivity index (χ2v) is 12.1. The van der Waals surface area contributed by atoms with Crippen LogP contribution in [0.3, 0.4) is 0 Å². The number of rotatable bonds is 8. The summed E-state index contributed by atoms with van der Waals surface area (Å²) in [5.41, 5.74) is 2.00. The highest BCUT2D eigenvalue weighted by molar-refractivity contribution is 7.93. The lowest BCUT2D eigenvalue weighted by Gasteiger charge is -2.34. The van der Waals surface area contributed by atoms with E-state index >= 15 is 0 Å². The van der Waals surface area contributed by atoms with Crippen molar-refractivity contribution in [3.8, 4) is 0 Å². The van der Waals surface area contributed by atoms with Crippen LogP contribution in [0.15, 0.2) is 48.8 Å². The Morgan fingerprint density at radius 3 is 2.36 bits per heavy atom. The molecule has 1 aliphatic rings. The fourth-order valence-corrected chi connectivity index (χ4v) is 6.35. The minimum atomic E-state index is -3.84. The second kappa shape index (κ2) is 10.9. The van der Waals surface area contributed by atoms with E-state index in [4.69, 9.17) is 0 Å². The molecule has 1 atom stereocenters. The molecule has 0 bridgehead atoms. The number of nitrogens with one attached hydrogen (secondary N) is 1. The average molecular weight is 490 g/mol. The second-order valence-electron chi connectivity index (χ2n) is 9.66. The molecular formula is C25H35N3O3S2. The van der Waals surface area contributed by atoms with Gasteiger partial charge in [0.15, 0.2) is 0 Å². The first-order chi connectivity index (χ1) is 15.6. The van der Waals surface area contributed by atoms with Crippen molar-refractivity contribution in [1.29, 1.82) is 0 Å². The molecule has 0 radical (unpaired) electrons. The van der Waals surface area contributed by atoms with Gasteiger partial charge in [0.25, 0.3) is 0 Å². The van der Waals surface area contributed by atoms with Crippen LogP contribution in [0.4, 0.5) is 5.69 Å². The Labute approximate surface area is 203 Å². The molecule has 1 aromatic carbocycles. The molecule has 3 rings (SSSR count). The molecule has 8 heteroatoms. The van der Waals surface area contributed by atoms with Crippen LogP contribution in [-0.4, -0.2) is 36.9 Å². The van der Waals surface area contributed by atoms with Gasteiger partial charge in [-0.05, 0) is 42.0 Å². The molecule has 0 aliphatic heterocycles. The monoisotopic (exact) mass is 489 g/mol. The number of carbonyl (C=O) groups is 1. The minimum absolute atomic E-state index is 0.0584.